The summed E-state index contributed by atoms with van der Waals surface area (Å²) < 4.78 is 31.1. The zero-order valence-corrected chi connectivity index (χ0v) is 10.1. The Balaban J connectivity index is 2.33. The molecule has 1 nitrogen and oxygen atoms in total. The van der Waals surface area contributed by atoms with E-state index in [-0.39, 0.29) is 11.5 Å². The van der Waals surface area contributed by atoms with Crippen LogP contribution in [0.15, 0.2) is 18.2 Å². The van der Waals surface area contributed by atoms with Crippen LogP contribution in [-0.2, 0) is 0 Å². The molecule has 3 heteroatoms. The van der Waals surface area contributed by atoms with Gasteiger partial charge in [-0.15, -0.1) is 0 Å². The fourth-order valence-electron chi connectivity index (χ4n) is 2.65. The van der Waals surface area contributed by atoms with Crippen molar-refractivity contribution in [2.24, 2.45) is 0 Å². The Kier molecular flexibility index (Phi) is 3.97. The van der Waals surface area contributed by atoms with Gasteiger partial charge in [0.2, 0.25) is 0 Å². The van der Waals surface area contributed by atoms with Gasteiger partial charge in [0.05, 0.1) is 7.11 Å². The van der Waals surface area contributed by atoms with Crippen molar-refractivity contribution in [3.05, 3.63) is 29.3 Å². The molecule has 1 aliphatic rings. The van der Waals surface area contributed by atoms with E-state index in [0.717, 1.165) is 31.2 Å². The van der Waals surface area contributed by atoms with Crippen molar-refractivity contribution in [2.75, 3.05) is 7.11 Å². The Morgan fingerprint density at radius 1 is 1.18 bits per heavy atom. The molecule has 0 heterocycles. The maximum atomic E-state index is 13.0. The minimum Gasteiger partial charge on any atom is -0.497 e. The molecule has 0 saturated heterocycles. The van der Waals surface area contributed by atoms with Crippen molar-refractivity contribution in [2.45, 2.75) is 44.4 Å². The summed E-state index contributed by atoms with van der Waals surface area (Å²) in [5.41, 5.74) is 0.969. The van der Waals surface area contributed by atoms with Crippen molar-refractivity contribution in [1.29, 1.82) is 0 Å². The molecule has 2 rings (SSSR count). The molecular weight excluding hydrogens is 222 g/mol. The summed E-state index contributed by atoms with van der Waals surface area (Å²) in [7, 11) is 1.57. The highest BCUT2D eigenvalue weighted by Gasteiger charge is 2.22. The molecule has 0 N–H and O–H groups in total. The molecule has 1 fully saturated rings. The van der Waals surface area contributed by atoms with E-state index in [1.807, 2.05) is 0 Å². The first kappa shape index (κ1) is 12.3. The highest BCUT2D eigenvalue weighted by Crippen LogP contribution is 2.38. The first-order chi connectivity index (χ1) is 8.22. The summed E-state index contributed by atoms with van der Waals surface area (Å²) >= 11 is 0. The van der Waals surface area contributed by atoms with Gasteiger partial charge < -0.3 is 4.74 Å². The van der Waals surface area contributed by atoms with Gasteiger partial charge in [-0.25, -0.2) is 8.78 Å². The molecule has 1 saturated carbocycles. The van der Waals surface area contributed by atoms with Gasteiger partial charge in [0.15, 0.2) is 0 Å². The number of hydrogen-bond donors (Lipinski definition) is 0. The van der Waals surface area contributed by atoms with Gasteiger partial charge in [-0.2, -0.15) is 0 Å². The molecule has 1 aliphatic carbocycles. The lowest BCUT2D eigenvalue weighted by atomic mass is 9.82. The molecule has 1 aromatic rings. The van der Waals surface area contributed by atoms with Crippen LogP contribution in [0.25, 0.3) is 0 Å². The smallest absolute Gasteiger partial charge is 0.264 e. The van der Waals surface area contributed by atoms with Gasteiger partial charge in [0.25, 0.3) is 6.43 Å². The largest absolute Gasteiger partial charge is 0.497 e. The van der Waals surface area contributed by atoms with Crippen LogP contribution in [-0.4, -0.2) is 7.11 Å². The highest BCUT2D eigenvalue weighted by atomic mass is 19.3. The maximum absolute atomic E-state index is 13.0. The number of benzene rings is 1. The van der Waals surface area contributed by atoms with Crippen LogP contribution >= 0.6 is 0 Å². The predicted octanol–water partition coefficient (Wildman–Crippen LogP) is 4.68. The van der Waals surface area contributed by atoms with Crippen molar-refractivity contribution >= 4 is 0 Å². The quantitative estimate of drug-likeness (QED) is 0.745. The molecule has 0 spiro atoms. The lowest BCUT2D eigenvalue weighted by Crippen LogP contribution is -2.08. The van der Waals surface area contributed by atoms with Gasteiger partial charge in [-0.1, -0.05) is 19.3 Å². The average molecular weight is 240 g/mol. The first-order valence-electron chi connectivity index (χ1n) is 6.18. The Hall–Kier alpha value is -1.12. The molecule has 0 amide bonds. The SMILES string of the molecule is COc1ccc(C(F)F)c(C2CCCCC2)c1. The number of alkyl halides is 2. The van der Waals surface area contributed by atoms with Gasteiger partial charge in [0, 0.05) is 5.56 Å². The van der Waals surface area contributed by atoms with E-state index in [9.17, 15) is 8.78 Å². The second-order valence-electron chi connectivity index (χ2n) is 4.63. The second kappa shape index (κ2) is 5.48. The van der Waals surface area contributed by atoms with Crippen LogP contribution in [0.1, 0.15) is 55.6 Å². The number of ether oxygens (including phenoxy) is 1. The first-order valence-corrected chi connectivity index (χ1v) is 6.18. The summed E-state index contributed by atoms with van der Waals surface area (Å²) in [6, 6.07) is 4.92. The third-order valence-electron chi connectivity index (χ3n) is 3.57. The Morgan fingerprint density at radius 3 is 2.47 bits per heavy atom. The van der Waals surface area contributed by atoms with Crippen LogP contribution < -0.4 is 4.74 Å². The van der Waals surface area contributed by atoms with E-state index >= 15 is 0 Å². The summed E-state index contributed by atoms with van der Waals surface area (Å²) in [5.74, 6) is 0.956. The lowest BCUT2D eigenvalue weighted by molar-refractivity contribution is 0.149. The Labute approximate surface area is 101 Å². The van der Waals surface area contributed by atoms with Gasteiger partial charge in [0.1, 0.15) is 5.75 Å². The monoisotopic (exact) mass is 240 g/mol. The zero-order chi connectivity index (χ0) is 12.3. The summed E-state index contributed by atoms with van der Waals surface area (Å²) in [5, 5.41) is 0. The zero-order valence-electron chi connectivity index (χ0n) is 10.1. The molecule has 0 atom stereocenters. The summed E-state index contributed by atoms with van der Waals surface area (Å²) in [6.45, 7) is 0. The van der Waals surface area contributed by atoms with Gasteiger partial charge >= 0.3 is 0 Å². The Morgan fingerprint density at radius 2 is 1.88 bits per heavy atom. The van der Waals surface area contributed by atoms with Crippen LogP contribution in [0.2, 0.25) is 0 Å². The molecule has 17 heavy (non-hydrogen) atoms. The van der Waals surface area contributed by atoms with E-state index in [1.165, 1.54) is 12.5 Å². The molecule has 0 radical (unpaired) electrons. The van der Waals surface area contributed by atoms with Crippen molar-refractivity contribution in [3.8, 4) is 5.75 Å². The van der Waals surface area contributed by atoms with E-state index in [4.69, 9.17) is 4.74 Å². The van der Waals surface area contributed by atoms with Crippen LogP contribution in [0.5, 0.6) is 5.75 Å². The van der Waals surface area contributed by atoms with Crippen LogP contribution in [0.3, 0.4) is 0 Å². The average Bonchev–Trinajstić information content (AvgIpc) is 2.39. The minimum atomic E-state index is -2.39. The third kappa shape index (κ3) is 2.76. The molecule has 0 unspecified atom stereocenters. The number of halogens is 2. The summed E-state index contributed by atoms with van der Waals surface area (Å²) in [6.07, 6.45) is 3.16. The van der Waals surface area contributed by atoms with Gasteiger partial charge in [-0.05, 0) is 42.5 Å². The topological polar surface area (TPSA) is 9.23 Å². The molecule has 0 bridgehead atoms. The molecule has 0 aromatic heterocycles. The lowest BCUT2D eigenvalue weighted by Gasteiger charge is -2.24. The number of rotatable bonds is 3. The number of methoxy groups -OCH3 is 1. The molecular formula is C14H18F2O. The van der Waals surface area contributed by atoms with E-state index < -0.39 is 6.43 Å². The normalized spacial score (nSPS) is 17.4. The fraction of sp³-hybridized carbons (Fsp3) is 0.571. The standard InChI is InChI=1S/C14H18F2O/c1-17-11-7-8-12(14(15)16)13(9-11)10-5-3-2-4-6-10/h7-10,14H,2-6H2,1H3. The third-order valence-corrected chi connectivity index (χ3v) is 3.57. The summed E-state index contributed by atoms with van der Waals surface area (Å²) in [4.78, 5) is 0. The van der Waals surface area contributed by atoms with Crippen LogP contribution in [0.4, 0.5) is 8.78 Å². The fourth-order valence-corrected chi connectivity index (χ4v) is 2.65. The second-order valence-corrected chi connectivity index (χ2v) is 4.63. The van der Waals surface area contributed by atoms with E-state index in [1.54, 1.807) is 19.2 Å². The minimum absolute atomic E-state index is 0.178. The molecule has 94 valence electrons. The molecule has 0 aliphatic heterocycles. The maximum Gasteiger partial charge on any atom is 0.264 e. The predicted molar refractivity (Wildman–Crippen MR) is 63.8 cm³/mol. The highest BCUT2D eigenvalue weighted by molar-refractivity contribution is 5.38. The molecule has 1 aromatic carbocycles. The van der Waals surface area contributed by atoms with Crippen molar-refractivity contribution < 1.29 is 13.5 Å². The Bertz CT molecular complexity index is 370. The van der Waals surface area contributed by atoms with Crippen molar-refractivity contribution in [1.82, 2.24) is 0 Å². The van der Waals surface area contributed by atoms with E-state index in [0.29, 0.717) is 5.75 Å². The van der Waals surface area contributed by atoms with Crippen LogP contribution in [0, 0.1) is 0 Å². The van der Waals surface area contributed by atoms with Gasteiger partial charge in [-0.3, -0.25) is 0 Å². The number of hydrogen-bond acceptors (Lipinski definition) is 1. The van der Waals surface area contributed by atoms with Crippen molar-refractivity contribution in [3.63, 3.8) is 0 Å². The van der Waals surface area contributed by atoms with E-state index in [2.05, 4.69) is 0 Å².